The Morgan fingerprint density at radius 3 is 1.88 bits per heavy atom. The lowest BCUT2D eigenvalue weighted by Gasteiger charge is -2.45. The van der Waals surface area contributed by atoms with E-state index in [1.54, 1.807) is 0 Å². The van der Waals surface area contributed by atoms with Crippen LogP contribution in [0.5, 0.6) is 0 Å². The van der Waals surface area contributed by atoms with Crippen LogP contribution in [0.1, 0.15) is 54.4 Å². The van der Waals surface area contributed by atoms with Crippen molar-refractivity contribution in [2.24, 2.45) is 17.8 Å². The van der Waals surface area contributed by atoms with Crippen molar-refractivity contribution in [1.29, 1.82) is 0 Å². The van der Waals surface area contributed by atoms with Gasteiger partial charge in [0, 0.05) is 29.7 Å². The molecule has 1 heterocycles. The van der Waals surface area contributed by atoms with Crippen molar-refractivity contribution < 1.29 is 28.8 Å². The van der Waals surface area contributed by atoms with E-state index in [4.69, 9.17) is 4.74 Å². The van der Waals surface area contributed by atoms with Crippen molar-refractivity contribution in [2.75, 3.05) is 11.9 Å². The van der Waals surface area contributed by atoms with Gasteiger partial charge in [-0.2, -0.15) is 0 Å². The first-order valence-corrected chi connectivity index (χ1v) is 13.9. The second-order valence-electron chi connectivity index (χ2n) is 11.4. The Hall–Kier alpha value is -4.86. The lowest BCUT2D eigenvalue weighted by atomic mass is 9.55. The maximum absolute atomic E-state index is 14.1. The normalized spacial score (nSPS) is 22.3. The van der Waals surface area contributed by atoms with Crippen molar-refractivity contribution in [2.45, 2.75) is 38.1 Å². The molecule has 0 saturated carbocycles. The fraction of sp³-hybridized carbons (Fsp3) is 0.312. The monoisotopic (exact) mass is 567 g/mol. The van der Waals surface area contributed by atoms with Crippen molar-refractivity contribution >= 4 is 35.1 Å². The summed E-state index contributed by atoms with van der Waals surface area (Å²) in [5.41, 5.74) is 4.11. The number of anilines is 1. The lowest BCUT2D eigenvalue weighted by Crippen LogP contribution is -2.47. The minimum atomic E-state index is -1.19. The summed E-state index contributed by atoms with van der Waals surface area (Å²) in [7, 11) is 0. The van der Waals surface area contributed by atoms with Crippen LogP contribution in [-0.4, -0.2) is 46.2 Å². The van der Waals surface area contributed by atoms with Crippen LogP contribution in [0.4, 0.5) is 11.4 Å². The molecule has 0 unspecified atom stereocenters. The molecule has 10 nitrogen and oxygen atoms in total. The summed E-state index contributed by atoms with van der Waals surface area (Å²) in [5.74, 6) is -4.27. The van der Waals surface area contributed by atoms with Crippen molar-refractivity contribution in [3.8, 4) is 0 Å². The number of nitro benzene ring substituents is 1. The predicted octanol–water partition coefficient (Wildman–Crippen LogP) is 4.38. The third kappa shape index (κ3) is 4.43. The number of benzene rings is 3. The summed E-state index contributed by atoms with van der Waals surface area (Å²) in [5, 5.41) is 13.5. The van der Waals surface area contributed by atoms with E-state index < -0.39 is 53.1 Å². The lowest BCUT2D eigenvalue weighted by molar-refractivity contribution is -0.384. The summed E-state index contributed by atoms with van der Waals surface area (Å²) >= 11 is 0. The van der Waals surface area contributed by atoms with Gasteiger partial charge in [-0.25, -0.2) is 4.79 Å². The number of nitrogens with zero attached hydrogens (tertiary/aromatic N) is 2. The molecule has 3 aromatic rings. The van der Waals surface area contributed by atoms with Crippen LogP contribution in [0, 0.1) is 27.9 Å². The van der Waals surface area contributed by atoms with E-state index in [0.717, 1.165) is 27.2 Å². The number of imide groups is 1. The molecule has 0 aromatic heterocycles. The first-order chi connectivity index (χ1) is 20.2. The number of carbonyl (C=O) groups excluding carboxylic acids is 4. The quantitative estimate of drug-likeness (QED) is 0.185. The molecule has 2 bridgehead atoms. The average Bonchev–Trinajstić information content (AvgIpc) is 3.24. The third-order valence-electron chi connectivity index (χ3n) is 8.45. The predicted molar refractivity (Wildman–Crippen MR) is 151 cm³/mol. The van der Waals surface area contributed by atoms with Crippen LogP contribution in [-0.2, 0) is 23.9 Å². The van der Waals surface area contributed by atoms with E-state index in [0.29, 0.717) is 0 Å². The zero-order valence-electron chi connectivity index (χ0n) is 23.1. The number of carbonyl (C=O) groups is 4. The number of nitrogens with one attached hydrogen (secondary N) is 1. The fourth-order valence-corrected chi connectivity index (χ4v) is 6.89. The smallest absolute Gasteiger partial charge is 0.329 e. The van der Waals surface area contributed by atoms with E-state index in [9.17, 15) is 29.3 Å². The van der Waals surface area contributed by atoms with Crippen LogP contribution in [0.2, 0.25) is 0 Å². The number of nitro groups is 1. The molecular formula is C32H29N3O7. The summed E-state index contributed by atoms with van der Waals surface area (Å²) in [4.78, 5) is 65.7. The maximum atomic E-state index is 14.1. The summed E-state index contributed by atoms with van der Waals surface area (Å²) in [6, 6.07) is 20.0. The Balaban J connectivity index is 1.25. The van der Waals surface area contributed by atoms with E-state index in [2.05, 4.69) is 5.32 Å². The molecule has 3 aromatic carbocycles. The van der Waals surface area contributed by atoms with Crippen molar-refractivity contribution in [3.63, 3.8) is 0 Å². The van der Waals surface area contributed by atoms with E-state index in [1.165, 1.54) is 24.3 Å². The molecule has 3 atom stereocenters. The van der Waals surface area contributed by atoms with Gasteiger partial charge < -0.3 is 10.1 Å². The van der Waals surface area contributed by atoms with Gasteiger partial charge in [-0.15, -0.1) is 0 Å². The fourth-order valence-electron chi connectivity index (χ4n) is 6.89. The van der Waals surface area contributed by atoms with Gasteiger partial charge in [0.25, 0.3) is 11.6 Å². The Morgan fingerprint density at radius 1 is 0.881 bits per heavy atom. The van der Waals surface area contributed by atoms with Gasteiger partial charge in [0.15, 0.2) is 6.61 Å². The Morgan fingerprint density at radius 2 is 1.40 bits per heavy atom. The number of likely N-dealkylation sites (tertiary alicyclic amines) is 1. The number of ether oxygens (including phenoxy) is 1. The topological polar surface area (TPSA) is 136 Å². The van der Waals surface area contributed by atoms with Crippen LogP contribution < -0.4 is 5.32 Å². The zero-order valence-corrected chi connectivity index (χ0v) is 23.1. The zero-order chi connectivity index (χ0) is 29.7. The van der Waals surface area contributed by atoms with Gasteiger partial charge in [0.05, 0.1) is 16.8 Å². The highest BCUT2D eigenvalue weighted by Gasteiger charge is 2.63. The highest BCUT2D eigenvalue weighted by molar-refractivity contribution is 6.10. The molecule has 3 amide bonds. The molecule has 1 saturated heterocycles. The molecule has 0 radical (unpaired) electrons. The van der Waals surface area contributed by atoms with Crippen LogP contribution in [0.15, 0.2) is 72.8 Å². The third-order valence-corrected chi connectivity index (χ3v) is 8.45. The Labute approximate surface area is 241 Å². The number of amides is 3. The second-order valence-corrected chi connectivity index (χ2v) is 11.4. The van der Waals surface area contributed by atoms with Gasteiger partial charge in [0.1, 0.15) is 6.04 Å². The number of hydrogen-bond acceptors (Lipinski definition) is 7. The van der Waals surface area contributed by atoms with Gasteiger partial charge >= 0.3 is 5.97 Å². The largest absolute Gasteiger partial charge is 0.454 e. The van der Waals surface area contributed by atoms with Gasteiger partial charge in [-0.05, 0) is 40.7 Å². The molecular weight excluding hydrogens is 538 g/mol. The molecule has 42 heavy (non-hydrogen) atoms. The van der Waals surface area contributed by atoms with Gasteiger partial charge in [-0.1, -0.05) is 68.4 Å². The number of hydrogen-bond donors (Lipinski definition) is 1. The highest BCUT2D eigenvalue weighted by Crippen LogP contribution is 2.61. The van der Waals surface area contributed by atoms with Crippen molar-refractivity contribution in [3.05, 3.63) is 105 Å². The molecule has 3 aliphatic carbocycles. The average molecular weight is 568 g/mol. The Bertz CT molecular complexity index is 1520. The summed E-state index contributed by atoms with van der Waals surface area (Å²) in [6.07, 6.45) is 0.178. The first-order valence-electron chi connectivity index (χ1n) is 13.9. The standard InChI is InChI=1S/C32H29N3O7/c1-17(2)14-24(32(39)42-16-25(36)33-18-8-7-9-19(15-18)35(40)41)34-30(37)28-26-20-10-3-4-11-21(20)27(29(28)31(34)38)23-13-6-5-12-22(23)26/h3-13,15,17,24,26-29H,14,16H2,1-2H3,(H,33,36)/t24-,26?,27?,28-,29+/m0/s1. The highest BCUT2D eigenvalue weighted by atomic mass is 16.6. The summed E-state index contributed by atoms with van der Waals surface area (Å²) in [6.45, 7) is 3.08. The van der Waals surface area contributed by atoms with Crippen LogP contribution >= 0.6 is 0 Å². The molecule has 10 heteroatoms. The van der Waals surface area contributed by atoms with Crippen LogP contribution in [0.25, 0.3) is 0 Å². The molecule has 214 valence electrons. The molecule has 1 N–H and O–H groups in total. The SMILES string of the molecule is CC(C)C[C@@H](C(=O)OCC(=O)Nc1cccc([N+](=O)[O-])c1)N1C(=O)[C@@H]2C3c4ccccc4C(c4ccccc43)[C@@H]2C1=O. The second kappa shape index (κ2) is 10.5. The molecule has 1 fully saturated rings. The Kier molecular flexibility index (Phi) is 6.84. The first kappa shape index (κ1) is 27.3. The number of non-ortho nitro benzene ring substituents is 1. The molecule has 7 rings (SSSR count). The van der Waals surface area contributed by atoms with Gasteiger partial charge in [0.2, 0.25) is 11.8 Å². The van der Waals surface area contributed by atoms with E-state index in [1.807, 2.05) is 62.4 Å². The van der Waals surface area contributed by atoms with E-state index in [-0.39, 0.29) is 35.5 Å². The van der Waals surface area contributed by atoms with Crippen LogP contribution in [0.3, 0.4) is 0 Å². The minimum absolute atomic E-state index is 0.0596. The minimum Gasteiger partial charge on any atom is -0.454 e. The maximum Gasteiger partial charge on any atom is 0.329 e. The van der Waals surface area contributed by atoms with Crippen molar-refractivity contribution in [1.82, 2.24) is 4.90 Å². The molecule has 4 aliphatic rings. The summed E-state index contributed by atoms with van der Waals surface area (Å²) < 4.78 is 5.34. The molecule has 0 spiro atoms. The van der Waals surface area contributed by atoms with E-state index >= 15 is 0 Å². The number of rotatable bonds is 8. The van der Waals surface area contributed by atoms with Gasteiger partial charge in [-0.3, -0.25) is 29.4 Å². The number of esters is 1. The molecule has 1 aliphatic heterocycles.